The monoisotopic (exact) mass is 300 g/mol. The molecule has 0 radical (unpaired) electrons. The van der Waals surface area contributed by atoms with Gasteiger partial charge in [0.05, 0.1) is 25.9 Å². The molecule has 1 aromatic carbocycles. The molecule has 0 heterocycles. The quantitative estimate of drug-likeness (QED) is 0.875. The maximum absolute atomic E-state index is 10.5. The van der Waals surface area contributed by atoms with Gasteiger partial charge in [0.15, 0.2) is 0 Å². The first kappa shape index (κ1) is 15.4. The van der Waals surface area contributed by atoms with Crippen LogP contribution < -0.4 is 9.47 Å². The van der Waals surface area contributed by atoms with Gasteiger partial charge >= 0.3 is 0 Å². The minimum absolute atomic E-state index is 0.211. The van der Waals surface area contributed by atoms with Crippen molar-refractivity contribution >= 4 is 11.6 Å². The second kappa shape index (κ2) is 6.20. The standard InChI is InChI=1S/C15H21ClO4/c1-18-12-6-5-10(14(19-2)13(12)16)11(17)9-15(20-3)7-4-8-15/h5-6,11,17H,4,7-9H2,1-3H3. The predicted octanol–water partition coefficient (Wildman–Crippen LogP) is 3.35. The number of aliphatic hydroxyl groups is 1. The number of halogens is 1. The van der Waals surface area contributed by atoms with E-state index in [4.69, 9.17) is 25.8 Å². The first-order valence-electron chi connectivity index (χ1n) is 6.70. The van der Waals surface area contributed by atoms with Crippen LogP contribution in [0.3, 0.4) is 0 Å². The van der Waals surface area contributed by atoms with E-state index in [1.54, 1.807) is 26.4 Å². The highest BCUT2D eigenvalue weighted by Crippen LogP contribution is 2.45. The molecule has 1 aliphatic rings. The smallest absolute Gasteiger partial charge is 0.147 e. The second-order valence-corrected chi connectivity index (χ2v) is 5.54. The average Bonchev–Trinajstić information content (AvgIpc) is 2.42. The van der Waals surface area contributed by atoms with Crippen molar-refractivity contribution in [2.75, 3.05) is 21.3 Å². The van der Waals surface area contributed by atoms with E-state index < -0.39 is 6.10 Å². The van der Waals surface area contributed by atoms with Crippen LogP contribution in [-0.2, 0) is 4.74 Å². The molecule has 1 aliphatic carbocycles. The summed E-state index contributed by atoms with van der Waals surface area (Å²) in [4.78, 5) is 0. The van der Waals surface area contributed by atoms with Crippen LogP contribution in [0, 0.1) is 0 Å². The summed E-state index contributed by atoms with van der Waals surface area (Å²) < 4.78 is 16.0. The summed E-state index contributed by atoms with van der Waals surface area (Å²) >= 11 is 6.22. The van der Waals surface area contributed by atoms with Crippen molar-refractivity contribution in [1.29, 1.82) is 0 Å². The van der Waals surface area contributed by atoms with Gasteiger partial charge in [0, 0.05) is 19.1 Å². The molecule has 1 saturated carbocycles. The first-order chi connectivity index (χ1) is 9.56. The summed E-state index contributed by atoms with van der Waals surface area (Å²) in [5.41, 5.74) is 0.457. The number of ether oxygens (including phenoxy) is 3. The van der Waals surface area contributed by atoms with Crippen molar-refractivity contribution in [3.8, 4) is 11.5 Å². The molecule has 1 fully saturated rings. The molecule has 1 aromatic rings. The lowest BCUT2D eigenvalue weighted by molar-refractivity contribution is -0.100. The molecule has 4 nitrogen and oxygen atoms in total. The number of benzene rings is 1. The van der Waals surface area contributed by atoms with Crippen molar-refractivity contribution in [1.82, 2.24) is 0 Å². The number of hydrogen-bond donors (Lipinski definition) is 1. The molecule has 0 amide bonds. The van der Waals surface area contributed by atoms with Crippen LogP contribution in [-0.4, -0.2) is 32.0 Å². The van der Waals surface area contributed by atoms with E-state index in [9.17, 15) is 5.11 Å². The van der Waals surface area contributed by atoms with Crippen LogP contribution in [0.2, 0.25) is 5.02 Å². The number of rotatable bonds is 6. The predicted molar refractivity (Wildman–Crippen MR) is 77.7 cm³/mol. The van der Waals surface area contributed by atoms with E-state index in [2.05, 4.69) is 0 Å². The van der Waals surface area contributed by atoms with Gasteiger partial charge in [-0.3, -0.25) is 0 Å². The molecule has 1 unspecified atom stereocenters. The van der Waals surface area contributed by atoms with Crippen LogP contribution in [0.25, 0.3) is 0 Å². The van der Waals surface area contributed by atoms with E-state index in [1.807, 2.05) is 0 Å². The molecular formula is C15H21ClO4. The highest BCUT2D eigenvalue weighted by atomic mass is 35.5. The molecule has 0 spiro atoms. The van der Waals surface area contributed by atoms with Crippen LogP contribution in [0.1, 0.15) is 37.4 Å². The van der Waals surface area contributed by atoms with Gasteiger partial charge in [0.2, 0.25) is 0 Å². The molecule has 1 atom stereocenters. The minimum Gasteiger partial charge on any atom is -0.495 e. The van der Waals surface area contributed by atoms with Gasteiger partial charge in [-0.15, -0.1) is 0 Å². The van der Waals surface area contributed by atoms with Crippen LogP contribution in [0.4, 0.5) is 0 Å². The van der Waals surface area contributed by atoms with Crippen LogP contribution >= 0.6 is 11.6 Å². The lowest BCUT2D eigenvalue weighted by Crippen LogP contribution is -2.40. The third-order valence-electron chi connectivity index (χ3n) is 4.14. The van der Waals surface area contributed by atoms with Gasteiger partial charge in [0.25, 0.3) is 0 Å². The van der Waals surface area contributed by atoms with Gasteiger partial charge in [-0.05, 0) is 31.4 Å². The van der Waals surface area contributed by atoms with E-state index >= 15 is 0 Å². The summed E-state index contributed by atoms with van der Waals surface area (Å²) in [6, 6.07) is 3.53. The minimum atomic E-state index is -0.673. The Hall–Kier alpha value is -0.970. The van der Waals surface area contributed by atoms with E-state index in [0.717, 1.165) is 19.3 Å². The lowest BCUT2D eigenvalue weighted by Gasteiger charge is -2.42. The summed E-state index contributed by atoms with van der Waals surface area (Å²) in [5.74, 6) is 0.994. The molecule has 20 heavy (non-hydrogen) atoms. The summed E-state index contributed by atoms with van der Waals surface area (Å²) in [6.45, 7) is 0. The third kappa shape index (κ3) is 2.73. The largest absolute Gasteiger partial charge is 0.495 e. The van der Waals surface area contributed by atoms with Crippen molar-refractivity contribution in [3.05, 3.63) is 22.7 Å². The second-order valence-electron chi connectivity index (χ2n) is 5.16. The summed E-state index contributed by atoms with van der Waals surface area (Å²) in [7, 11) is 4.78. The first-order valence-corrected chi connectivity index (χ1v) is 7.08. The Morgan fingerprint density at radius 1 is 1.25 bits per heavy atom. The molecule has 0 saturated heterocycles. The average molecular weight is 301 g/mol. The van der Waals surface area contributed by atoms with Gasteiger partial charge in [-0.25, -0.2) is 0 Å². The van der Waals surface area contributed by atoms with Gasteiger partial charge in [-0.1, -0.05) is 11.6 Å². The fraction of sp³-hybridized carbons (Fsp3) is 0.600. The SMILES string of the molecule is COc1ccc(C(O)CC2(OC)CCC2)c(OC)c1Cl. The molecule has 0 aliphatic heterocycles. The van der Waals surface area contributed by atoms with Crippen LogP contribution in [0.15, 0.2) is 12.1 Å². The summed E-state index contributed by atoms with van der Waals surface area (Å²) in [6.07, 6.45) is 2.97. The van der Waals surface area contributed by atoms with Crippen molar-refractivity contribution in [2.45, 2.75) is 37.4 Å². The molecule has 0 aromatic heterocycles. The highest BCUT2D eigenvalue weighted by molar-refractivity contribution is 6.33. The Labute approximate surface area is 124 Å². The number of hydrogen-bond acceptors (Lipinski definition) is 4. The van der Waals surface area contributed by atoms with E-state index in [0.29, 0.717) is 28.5 Å². The Morgan fingerprint density at radius 2 is 1.95 bits per heavy atom. The van der Waals surface area contributed by atoms with Crippen LogP contribution in [0.5, 0.6) is 11.5 Å². The zero-order valence-electron chi connectivity index (χ0n) is 12.1. The van der Waals surface area contributed by atoms with E-state index in [1.165, 1.54) is 7.11 Å². The van der Waals surface area contributed by atoms with E-state index in [-0.39, 0.29) is 5.60 Å². The van der Waals surface area contributed by atoms with Crippen molar-refractivity contribution in [3.63, 3.8) is 0 Å². The number of aliphatic hydroxyl groups excluding tert-OH is 1. The van der Waals surface area contributed by atoms with Gasteiger partial charge in [-0.2, -0.15) is 0 Å². The maximum Gasteiger partial charge on any atom is 0.147 e. The van der Waals surface area contributed by atoms with Crippen molar-refractivity contribution in [2.24, 2.45) is 0 Å². The Morgan fingerprint density at radius 3 is 2.40 bits per heavy atom. The molecular weight excluding hydrogens is 280 g/mol. The molecule has 112 valence electrons. The van der Waals surface area contributed by atoms with Gasteiger partial charge in [0.1, 0.15) is 16.5 Å². The normalized spacial score (nSPS) is 18.2. The Kier molecular flexibility index (Phi) is 4.78. The van der Waals surface area contributed by atoms with Crippen molar-refractivity contribution < 1.29 is 19.3 Å². The molecule has 2 rings (SSSR count). The molecule has 0 bridgehead atoms. The zero-order valence-corrected chi connectivity index (χ0v) is 12.9. The lowest BCUT2D eigenvalue weighted by atomic mass is 9.75. The third-order valence-corrected chi connectivity index (χ3v) is 4.50. The number of methoxy groups -OCH3 is 3. The Balaban J connectivity index is 2.25. The maximum atomic E-state index is 10.5. The van der Waals surface area contributed by atoms with Gasteiger partial charge < -0.3 is 19.3 Å². The topological polar surface area (TPSA) is 47.9 Å². The fourth-order valence-electron chi connectivity index (χ4n) is 2.71. The Bertz CT molecular complexity index is 466. The molecule has 5 heteroatoms. The highest BCUT2D eigenvalue weighted by Gasteiger charge is 2.39. The summed E-state index contributed by atoms with van der Waals surface area (Å²) in [5, 5.41) is 10.9. The zero-order chi connectivity index (χ0) is 14.8. The molecule has 1 N–H and O–H groups in total. The fourth-order valence-corrected chi connectivity index (χ4v) is 3.03.